The molecule has 1 heterocycles. The van der Waals surface area contributed by atoms with Crippen molar-refractivity contribution in [1.82, 2.24) is 14.5 Å². The summed E-state index contributed by atoms with van der Waals surface area (Å²) in [6, 6.07) is 4.64. The van der Waals surface area contributed by atoms with E-state index in [9.17, 15) is 13.2 Å². The van der Waals surface area contributed by atoms with E-state index in [0.29, 0.717) is 31.7 Å². The molecule has 1 aliphatic carbocycles. The number of piperazine rings is 1. The fourth-order valence-electron chi connectivity index (χ4n) is 2.51. The minimum atomic E-state index is -3.69. The lowest BCUT2D eigenvalue weighted by molar-refractivity contribution is 0.0951. The maximum atomic E-state index is 12.8. The summed E-state index contributed by atoms with van der Waals surface area (Å²) in [7, 11) is -1.73. The number of amides is 1. The van der Waals surface area contributed by atoms with Crippen LogP contribution in [0, 0.1) is 0 Å². The second-order valence-corrected chi connectivity index (χ2v) is 8.41. The predicted molar refractivity (Wildman–Crippen MR) is 88.2 cm³/mol. The Labute approximate surface area is 141 Å². The van der Waals surface area contributed by atoms with Crippen molar-refractivity contribution in [2.75, 3.05) is 33.2 Å². The van der Waals surface area contributed by atoms with Crippen LogP contribution in [0.2, 0.25) is 5.02 Å². The molecule has 1 aliphatic heterocycles. The first kappa shape index (κ1) is 16.7. The Kier molecular flexibility index (Phi) is 4.64. The molecule has 1 saturated carbocycles. The van der Waals surface area contributed by atoms with E-state index in [1.54, 1.807) is 6.07 Å². The molecule has 0 aromatic heterocycles. The van der Waals surface area contributed by atoms with Gasteiger partial charge in [0.05, 0.1) is 5.02 Å². The topological polar surface area (TPSA) is 69.7 Å². The smallest absolute Gasteiger partial charge is 0.251 e. The summed E-state index contributed by atoms with van der Waals surface area (Å²) in [4.78, 5) is 14.2. The second kappa shape index (κ2) is 6.39. The molecule has 1 N–H and O–H groups in total. The molecular formula is C15H20ClN3O3S. The molecule has 1 aromatic carbocycles. The van der Waals surface area contributed by atoms with Gasteiger partial charge in [-0.3, -0.25) is 4.79 Å². The molecule has 0 atom stereocenters. The first-order chi connectivity index (χ1) is 10.9. The van der Waals surface area contributed by atoms with Crippen molar-refractivity contribution in [1.29, 1.82) is 0 Å². The van der Waals surface area contributed by atoms with Gasteiger partial charge < -0.3 is 10.2 Å². The maximum absolute atomic E-state index is 12.8. The SMILES string of the molecule is CN1CCN(S(=O)(=O)c2cc(C(=O)NC3CC3)ccc2Cl)CC1. The summed E-state index contributed by atoms with van der Waals surface area (Å²) < 4.78 is 27.1. The number of benzene rings is 1. The van der Waals surface area contributed by atoms with Crippen LogP contribution < -0.4 is 5.32 Å². The van der Waals surface area contributed by atoms with Gasteiger partial charge in [0.25, 0.3) is 5.91 Å². The zero-order valence-electron chi connectivity index (χ0n) is 13.0. The molecule has 0 spiro atoms. The van der Waals surface area contributed by atoms with Crippen LogP contribution in [-0.2, 0) is 10.0 Å². The number of hydrogen-bond donors (Lipinski definition) is 1. The Balaban J connectivity index is 1.86. The van der Waals surface area contributed by atoms with Gasteiger partial charge in [0.15, 0.2) is 0 Å². The fourth-order valence-corrected chi connectivity index (χ4v) is 4.43. The first-order valence-corrected chi connectivity index (χ1v) is 9.49. The average molecular weight is 358 g/mol. The summed E-state index contributed by atoms with van der Waals surface area (Å²) in [6.07, 6.45) is 1.96. The molecule has 23 heavy (non-hydrogen) atoms. The van der Waals surface area contributed by atoms with Crippen molar-refractivity contribution in [3.8, 4) is 0 Å². The van der Waals surface area contributed by atoms with Crippen molar-refractivity contribution in [3.63, 3.8) is 0 Å². The third kappa shape index (κ3) is 3.68. The number of nitrogens with zero attached hydrogens (tertiary/aromatic N) is 2. The van der Waals surface area contributed by atoms with E-state index < -0.39 is 10.0 Å². The predicted octanol–water partition coefficient (Wildman–Crippen LogP) is 1.17. The third-order valence-corrected chi connectivity index (χ3v) is 6.57. The second-order valence-electron chi connectivity index (χ2n) is 6.10. The first-order valence-electron chi connectivity index (χ1n) is 7.67. The summed E-state index contributed by atoms with van der Waals surface area (Å²) in [5.74, 6) is -0.251. The Hall–Kier alpha value is -1.15. The zero-order chi connectivity index (χ0) is 16.6. The third-order valence-electron chi connectivity index (χ3n) is 4.19. The molecule has 1 amide bonds. The highest BCUT2D eigenvalue weighted by molar-refractivity contribution is 7.89. The molecule has 0 unspecified atom stereocenters. The molecule has 1 saturated heterocycles. The van der Waals surface area contributed by atoms with Gasteiger partial charge in [0.1, 0.15) is 4.90 Å². The van der Waals surface area contributed by atoms with Crippen LogP contribution in [0.3, 0.4) is 0 Å². The molecule has 6 nitrogen and oxygen atoms in total. The Bertz CT molecular complexity index is 711. The molecule has 1 aromatic rings. The number of carbonyl (C=O) groups is 1. The van der Waals surface area contributed by atoms with Gasteiger partial charge >= 0.3 is 0 Å². The van der Waals surface area contributed by atoms with Gasteiger partial charge in [-0.25, -0.2) is 8.42 Å². The summed E-state index contributed by atoms with van der Waals surface area (Å²) in [5.41, 5.74) is 0.328. The molecule has 0 bridgehead atoms. The number of halogens is 1. The molecule has 126 valence electrons. The van der Waals surface area contributed by atoms with Crippen LogP contribution in [0.4, 0.5) is 0 Å². The van der Waals surface area contributed by atoms with E-state index in [-0.39, 0.29) is 21.9 Å². The normalized spacial score (nSPS) is 20.4. The lowest BCUT2D eigenvalue weighted by atomic mass is 10.2. The Morgan fingerprint density at radius 1 is 1.22 bits per heavy atom. The number of carbonyl (C=O) groups excluding carboxylic acids is 1. The standard InChI is InChI=1S/C15H20ClN3O3S/c1-18-6-8-19(9-7-18)23(21,22)14-10-11(2-5-13(14)16)15(20)17-12-3-4-12/h2,5,10,12H,3-4,6-9H2,1H3,(H,17,20). The summed E-state index contributed by atoms with van der Waals surface area (Å²) in [5, 5.41) is 3.00. The van der Waals surface area contributed by atoms with E-state index in [1.165, 1.54) is 16.4 Å². The van der Waals surface area contributed by atoms with Gasteiger partial charge in [-0.1, -0.05) is 11.6 Å². The molecule has 2 fully saturated rings. The van der Waals surface area contributed by atoms with Crippen LogP contribution in [0.1, 0.15) is 23.2 Å². The summed E-state index contributed by atoms with van der Waals surface area (Å²) in [6.45, 7) is 2.21. The van der Waals surface area contributed by atoms with Gasteiger partial charge in [0.2, 0.25) is 10.0 Å². The van der Waals surface area contributed by atoms with E-state index in [1.807, 2.05) is 7.05 Å². The zero-order valence-corrected chi connectivity index (χ0v) is 14.5. The number of nitrogens with one attached hydrogen (secondary N) is 1. The molecular weight excluding hydrogens is 338 g/mol. The average Bonchev–Trinajstić information content (AvgIpc) is 3.31. The van der Waals surface area contributed by atoms with E-state index in [4.69, 9.17) is 11.6 Å². The molecule has 3 rings (SSSR count). The quantitative estimate of drug-likeness (QED) is 0.878. The van der Waals surface area contributed by atoms with Crippen LogP contribution in [0.5, 0.6) is 0 Å². The highest BCUT2D eigenvalue weighted by Gasteiger charge is 2.30. The number of rotatable bonds is 4. The largest absolute Gasteiger partial charge is 0.349 e. The van der Waals surface area contributed by atoms with Gasteiger partial charge in [-0.2, -0.15) is 4.31 Å². The van der Waals surface area contributed by atoms with Crippen LogP contribution in [0.15, 0.2) is 23.1 Å². The van der Waals surface area contributed by atoms with Gasteiger partial charge in [-0.05, 0) is 38.1 Å². The van der Waals surface area contributed by atoms with E-state index in [0.717, 1.165) is 12.8 Å². The lowest BCUT2D eigenvalue weighted by Crippen LogP contribution is -2.47. The lowest BCUT2D eigenvalue weighted by Gasteiger charge is -2.31. The minimum Gasteiger partial charge on any atom is -0.349 e. The van der Waals surface area contributed by atoms with Gasteiger partial charge in [-0.15, -0.1) is 0 Å². The van der Waals surface area contributed by atoms with Crippen LogP contribution >= 0.6 is 11.6 Å². The molecule has 8 heteroatoms. The fraction of sp³-hybridized carbons (Fsp3) is 0.533. The van der Waals surface area contributed by atoms with E-state index >= 15 is 0 Å². The minimum absolute atomic E-state index is 0.00664. The van der Waals surface area contributed by atoms with Crippen molar-refractivity contribution in [2.24, 2.45) is 0 Å². The highest BCUT2D eigenvalue weighted by Crippen LogP contribution is 2.27. The molecule has 0 radical (unpaired) electrons. The van der Waals surface area contributed by atoms with Crippen molar-refractivity contribution < 1.29 is 13.2 Å². The number of hydrogen-bond acceptors (Lipinski definition) is 4. The maximum Gasteiger partial charge on any atom is 0.251 e. The van der Waals surface area contributed by atoms with E-state index in [2.05, 4.69) is 10.2 Å². The number of likely N-dealkylation sites (N-methyl/N-ethyl adjacent to an activating group) is 1. The van der Waals surface area contributed by atoms with Crippen LogP contribution in [-0.4, -0.2) is 62.8 Å². The molecule has 2 aliphatic rings. The Morgan fingerprint density at radius 3 is 2.48 bits per heavy atom. The van der Waals surface area contributed by atoms with Crippen LogP contribution in [0.25, 0.3) is 0 Å². The van der Waals surface area contributed by atoms with Gasteiger partial charge in [0, 0.05) is 37.8 Å². The highest BCUT2D eigenvalue weighted by atomic mass is 35.5. The van der Waals surface area contributed by atoms with Crippen molar-refractivity contribution in [2.45, 2.75) is 23.8 Å². The monoisotopic (exact) mass is 357 g/mol. The Morgan fingerprint density at radius 2 is 1.87 bits per heavy atom. The van der Waals surface area contributed by atoms with Crippen molar-refractivity contribution >= 4 is 27.5 Å². The van der Waals surface area contributed by atoms with Crippen molar-refractivity contribution in [3.05, 3.63) is 28.8 Å². The number of sulfonamides is 1. The summed E-state index contributed by atoms with van der Waals surface area (Å²) >= 11 is 6.10.